The number of carbonyl (C=O) groups excluding carboxylic acids is 2. The number of rotatable bonds is 6. The Kier molecular flexibility index (Phi) is 5.78. The van der Waals surface area contributed by atoms with E-state index in [1.165, 1.54) is 14.2 Å². The maximum Gasteiger partial charge on any atom is 0.334 e. The van der Waals surface area contributed by atoms with Crippen molar-refractivity contribution in [1.29, 1.82) is 0 Å². The van der Waals surface area contributed by atoms with Crippen LogP contribution in [0.3, 0.4) is 0 Å². The summed E-state index contributed by atoms with van der Waals surface area (Å²) in [5.74, 6) is -1.78. The summed E-state index contributed by atoms with van der Waals surface area (Å²) in [6, 6.07) is 0. The van der Waals surface area contributed by atoms with Crippen molar-refractivity contribution in [3.63, 3.8) is 0 Å². The third-order valence-electron chi connectivity index (χ3n) is 3.06. The third-order valence-corrected chi connectivity index (χ3v) is 3.06. The minimum atomic E-state index is -1.49. The second-order valence-electron chi connectivity index (χ2n) is 4.76. The fourth-order valence-electron chi connectivity index (χ4n) is 1.83. The van der Waals surface area contributed by atoms with Gasteiger partial charge in [0.1, 0.15) is 6.10 Å². The van der Waals surface area contributed by atoms with Crippen LogP contribution < -0.4 is 5.32 Å². The van der Waals surface area contributed by atoms with Crippen LogP contribution in [0.25, 0.3) is 0 Å². The van der Waals surface area contributed by atoms with Crippen LogP contribution in [0.2, 0.25) is 0 Å². The van der Waals surface area contributed by atoms with Gasteiger partial charge in [-0.1, -0.05) is 27.7 Å². The summed E-state index contributed by atoms with van der Waals surface area (Å²) in [4.78, 5) is 24.1. The number of Topliss-reactive ketones (excluding diaryl/α,β-unsaturated/α-hetero) is 1. The molecule has 0 heterocycles. The maximum atomic E-state index is 12.3. The van der Waals surface area contributed by atoms with Crippen LogP contribution in [0.1, 0.15) is 27.7 Å². The van der Waals surface area contributed by atoms with Crippen molar-refractivity contribution in [2.75, 3.05) is 14.2 Å². The second kappa shape index (κ2) is 6.12. The number of nitrogens with one attached hydrogen (secondary N) is 1. The van der Waals surface area contributed by atoms with Crippen molar-refractivity contribution in [2.45, 2.75) is 39.3 Å². The van der Waals surface area contributed by atoms with E-state index in [0.717, 1.165) is 0 Å². The predicted molar refractivity (Wildman–Crippen MR) is 64.5 cm³/mol. The molecule has 0 bridgehead atoms. The van der Waals surface area contributed by atoms with E-state index in [0.29, 0.717) is 0 Å². The second-order valence-corrected chi connectivity index (χ2v) is 4.76. The Labute approximate surface area is 103 Å². The topological polar surface area (TPSA) is 75.6 Å². The molecule has 0 spiro atoms. The van der Waals surface area contributed by atoms with E-state index >= 15 is 0 Å². The highest BCUT2D eigenvalue weighted by Gasteiger charge is 2.51. The first kappa shape index (κ1) is 16.1. The zero-order valence-corrected chi connectivity index (χ0v) is 11.4. The quantitative estimate of drug-likeness (QED) is 0.522. The molecular weight excluding hydrogens is 222 g/mol. The van der Waals surface area contributed by atoms with Crippen LogP contribution in [-0.2, 0) is 14.3 Å². The molecule has 0 rings (SSSR count). The smallest absolute Gasteiger partial charge is 0.334 e. The normalized spacial score (nSPS) is 16.8. The molecule has 0 aliphatic carbocycles. The summed E-state index contributed by atoms with van der Waals surface area (Å²) in [6.07, 6.45) is -1.19. The summed E-state index contributed by atoms with van der Waals surface area (Å²) in [6.45, 7) is 6.91. The van der Waals surface area contributed by atoms with Crippen molar-refractivity contribution >= 4 is 11.8 Å². The monoisotopic (exact) mass is 245 g/mol. The molecule has 0 aliphatic heterocycles. The van der Waals surface area contributed by atoms with Crippen molar-refractivity contribution in [2.24, 2.45) is 11.8 Å². The van der Waals surface area contributed by atoms with Crippen LogP contribution in [-0.4, -0.2) is 42.7 Å². The number of aliphatic hydroxyl groups is 1. The number of carbonyl (C=O) groups is 2. The number of likely N-dealkylation sites (N-methyl/N-ethyl adjacent to an activating group) is 1. The van der Waals surface area contributed by atoms with E-state index in [9.17, 15) is 14.7 Å². The van der Waals surface area contributed by atoms with Gasteiger partial charge in [-0.2, -0.15) is 0 Å². The number of ketones is 1. The summed E-state index contributed by atoms with van der Waals surface area (Å²) in [5.41, 5.74) is -1.49. The minimum Gasteiger partial charge on any atom is -0.467 e. The molecule has 0 amide bonds. The van der Waals surface area contributed by atoms with Gasteiger partial charge in [0.2, 0.25) is 0 Å². The summed E-state index contributed by atoms with van der Waals surface area (Å²) in [7, 11) is 2.74. The molecule has 2 N–H and O–H groups in total. The van der Waals surface area contributed by atoms with Gasteiger partial charge >= 0.3 is 5.97 Å². The standard InChI is InChI=1S/C12H23NO4/c1-7(2)9(14)10(15)12(13-5,8(3)4)11(16)17-6/h7-9,13-14H,1-6H3/t9?,12-/m1/s1. The van der Waals surface area contributed by atoms with E-state index < -0.39 is 23.4 Å². The first-order chi connectivity index (χ1) is 7.75. The molecule has 0 fully saturated rings. The first-order valence-corrected chi connectivity index (χ1v) is 5.75. The highest BCUT2D eigenvalue weighted by molar-refractivity contribution is 6.10. The Morgan fingerprint density at radius 1 is 1.24 bits per heavy atom. The molecule has 5 heteroatoms. The van der Waals surface area contributed by atoms with Gasteiger partial charge in [-0.05, 0) is 18.9 Å². The average molecular weight is 245 g/mol. The fraction of sp³-hybridized carbons (Fsp3) is 0.833. The molecule has 5 nitrogen and oxygen atoms in total. The van der Waals surface area contributed by atoms with Crippen LogP contribution in [0.5, 0.6) is 0 Å². The number of ether oxygens (including phenoxy) is 1. The lowest BCUT2D eigenvalue weighted by Crippen LogP contribution is -2.64. The molecule has 0 aromatic carbocycles. The highest BCUT2D eigenvalue weighted by Crippen LogP contribution is 2.23. The van der Waals surface area contributed by atoms with Crippen LogP contribution in [0.4, 0.5) is 0 Å². The Balaban J connectivity index is 5.46. The Morgan fingerprint density at radius 3 is 1.94 bits per heavy atom. The molecule has 100 valence electrons. The summed E-state index contributed by atoms with van der Waals surface area (Å²) >= 11 is 0. The lowest BCUT2D eigenvalue weighted by molar-refractivity contribution is -0.159. The third kappa shape index (κ3) is 2.84. The lowest BCUT2D eigenvalue weighted by atomic mass is 9.78. The Bertz CT molecular complexity index is 288. The molecule has 0 radical (unpaired) electrons. The van der Waals surface area contributed by atoms with Gasteiger partial charge in [0.15, 0.2) is 11.3 Å². The van der Waals surface area contributed by atoms with E-state index in [-0.39, 0.29) is 11.8 Å². The fourth-order valence-corrected chi connectivity index (χ4v) is 1.83. The van der Waals surface area contributed by atoms with Crippen molar-refractivity contribution in [1.82, 2.24) is 5.32 Å². The summed E-state index contributed by atoms with van der Waals surface area (Å²) < 4.78 is 4.69. The van der Waals surface area contributed by atoms with Crippen molar-refractivity contribution in [3.8, 4) is 0 Å². The van der Waals surface area contributed by atoms with Gasteiger partial charge in [0.25, 0.3) is 0 Å². The summed E-state index contributed by atoms with van der Waals surface area (Å²) in [5, 5.41) is 12.6. The van der Waals surface area contributed by atoms with E-state index in [1.807, 2.05) is 0 Å². The molecular formula is C12H23NO4. The average Bonchev–Trinajstić information content (AvgIpc) is 2.28. The van der Waals surface area contributed by atoms with Crippen molar-refractivity contribution < 1.29 is 19.4 Å². The molecule has 0 aromatic heterocycles. The Hall–Kier alpha value is -0.940. The minimum absolute atomic E-state index is 0.251. The van der Waals surface area contributed by atoms with Gasteiger partial charge in [-0.15, -0.1) is 0 Å². The number of esters is 1. The molecule has 0 aromatic rings. The zero-order valence-electron chi connectivity index (χ0n) is 11.4. The number of methoxy groups -OCH3 is 1. The molecule has 0 aliphatic rings. The number of aliphatic hydroxyl groups excluding tert-OH is 1. The Morgan fingerprint density at radius 2 is 1.71 bits per heavy atom. The van der Waals surface area contributed by atoms with Gasteiger partial charge in [-0.3, -0.25) is 10.1 Å². The van der Waals surface area contributed by atoms with Crippen LogP contribution in [0, 0.1) is 11.8 Å². The molecule has 0 saturated carbocycles. The SMILES string of the molecule is CN[C@@](C(=O)OC)(C(=O)C(O)C(C)C)C(C)C. The van der Waals surface area contributed by atoms with Gasteiger partial charge in [0, 0.05) is 0 Å². The molecule has 0 saturated heterocycles. The lowest BCUT2D eigenvalue weighted by Gasteiger charge is -2.35. The van der Waals surface area contributed by atoms with Crippen LogP contribution >= 0.6 is 0 Å². The van der Waals surface area contributed by atoms with Gasteiger partial charge in [0.05, 0.1) is 7.11 Å². The highest BCUT2D eigenvalue weighted by atomic mass is 16.5. The van der Waals surface area contributed by atoms with E-state index in [1.54, 1.807) is 27.7 Å². The first-order valence-electron chi connectivity index (χ1n) is 5.75. The zero-order chi connectivity index (χ0) is 13.8. The maximum absolute atomic E-state index is 12.3. The molecule has 2 atom stereocenters. The largest absolute Gasteiger partial charge is 0.467 e. The molecule has 1 unspecified atom stereocenters. The van der Waals surface area contributed by atoms with Crippen LogP contribution in [0.15, 0.2) is 0 Å². The number of hydrogen-bond acceptors (Lipinski definition) is 5. The van der Waals surface area contributed by atoms with E-state index in [2.05, 4.69) is 10.1 Å². The van der Waals surface area contributed by atoms with Gasteiger partial charge in [-0.25, -0.2) is 4.79 Å². The van der Waals surface area contributed by atoms with Gasteiger partial charge < -0.3 is 9.84 Å². The molecule has 17 heavy (non-hydrogen) atoms. The number of hydrogen-bond donors (Lipinski definition) is 2. The predicted octanol–water partition coefficient (Wildman–Crippen LogP) is 0.360. The van der Waals surface area contributed by atoms with Crippen molar-refractivity contribution in [3.05, 3.63) is 0 Å². The van der Waals surface area contributed by atoms with E-state index in [4.69, 9.17) is 0 Å².